The van der Waals surface area contributed by atoms with E-state index in [1.807, 2.05) is 19.9 Å². The number of ketones is 2. The molecule has 1 aliphatic carbocycles. The van der Waals surface area contributed by atoms with E-state index < -0.39 is 95.9 Å². The summed E-state index contributed by atoms with van der Waals surface area (Å²) in [5.41, 5.74) is 1.19. The number of carbonyl (C=O) groups excluding carboxylic acids is 4. The van der Waals surface area contributed by atoms with Gasteiger partial charge < -0.3 is 49.0 Å². The third-order valence-corrected chi connectivity index (χ3v) is 13.2. The molecule has 1 saturated carbocycles. The summed E-state index contributed by atoms with van der Waals surface area (Å²) in [6, 6.07) is -1.16. The quantitative estimate of drug-likeness (QED) is 0.173. The maximum Gasteiger partial charge on any atom is 0.329 e. The van der Waals surface area contributed by atoms with Gasteiger partial charge in [0.25, 0.3) is 11.7 Å². The Bertz CT molecular complexity index is 1470. The van der Waals surface area contributed by atoms with E-state index in [2.05, 4.69) is 0 Å². The van der Waals surface area contributed by atoms with Gasteiger partial charge in [0.15, 0.2) is 0 Å². The van der Waals surface area contributed by atoms with Gasteiger partial charge in [-0.25, -0.2) is 4.79 Å². The number of hydrogen-bond acceptors (Lipinski definition) is 13. The molecular weight excluding hydrogens is 738 g/mol. The molecule has 4 aliphatic rings. The highest BCUT2D eigenvalue weighted by Crippen LogP contribution is 2.39. The van der Waals surface area contributed by atoms with E-state index in [0.29, 0.717) is 49.7 Å². The van der Waals surface area contributed by atoms with Gasteiger partial charge in [0, 0.05) is 52.0 Å². The van der Waals surface area contributed by atoms with Crippen molar-refractivity contribution in [1.29, 1.82) is 0 Å². The van der Waals surface area contributed by atoms with Gasteiger partial charge in [-0.05, 0) is 94.6 Å². The molecule has 2 bridgehead atoms. The minimum atomic E-state index is -2.57. The molecule has 57 heavy (non-hydrogen) atoms. The molecule has 0 aromatic heterocycles. The number of aliphatic hydroxyl groups is 4. The molecule has 3 fully saturated rings. The molecule has 3 heterocycles. The van der Waals surface area contributed by atoms with Crippen LogP contribution in [0.3, 0.4) is 0 Å². The third kappa shape index (κ3) is 10.8. The van der Waals surface area contributed by atoms with Crippen LogP contribution in [-0.2, 0) is 42.9 Å². The molecule has 1 amide bonds. The van der Waals surface area contributed by atoms with Gasteiger partial charge in [-0.1, -0.05) is 39.8 Å². The van der Waals surface area contributed by atoms with E-state index in [9.17, 15) is 39.6 Å². The number of Topliss-reactive ketones (excluding diaryl/α,β-unsaturated/α-hetero) is 2. The lowest BCUT2D eigenvalue weighted by atomic mass is 9.81. The van der Waals surface area contributed by atoms with Crippen molar-refractivity contribution in [1.82, 2.24) is 4.90 Å². The Morgan fingerprint density at radius 3 is 2.19 bits per heavy atom. The van der Waals surface area contributed by atoms with Gasteiger partial charge in [-0.3, -0.25) is 14.4 Å². The Morgan fingerprint density at radius 1 is 0.912 bits per heavy atom. The molecule has 14 nitrogen and oxygen atoms in total. The van der Waals surface area contributed by atoms with Crippen LogP contribution in [-0.4, -0.2) is 137 Å². The molecule has 4 rings (SSSR count). The molecule has 324 valence electrons. The van der Waals surface area contributed by atoms with Gasteiger partial charge in [0.2, 0.25) is 5.79 Å². The van der Waals surface area contributed by atoms with Crippen molar-refractivity contribution < 1.29 is 63.3 Å². The first kappa shape index (κ1) is 47.1. The van der Waals surface area contributed by atoms with Crippen LogP contribution in [0.4, 0.5) is 0 Å². The fourth-order valence-electron chi connectivity index (χ4n) is 9.31. The zero-order valence-electron chi connectivity index (χ0n) is 35.4. The molecule has 3 aliphatic heterocycles. The first-order chi connectivity index (χ1) is 26.9. The molecule has 15 unspecified atom stereocenters. The summed E-state index contributed by atoms with van der Waals surface area (Å²) >= 11 is 0. The molecule has 4 N–H and O–H groups in total. The van der Waals surface area contributed by atoms with Crippen molar-refractivity contribution in [3.05, 3.63) is 23.3 Å². The van der Waals surface area contributed by atoms with Crippen molar-refractivity contribution in [2.24, 2.45) is 29.6 Å². The number of methoxy groups -OCH3 is 3. The minimum Gasteiger partial charge on any atom is -0.456 e. The van der Waals surface area contributed by atoms with Crippen molar-refractivity contribution >= 4 is 23.4 Å². The summed E-state index contributed by atoms with van der Waals surface area (Å²) in [4.78, 5) is 57.7. The maximum atomic E-state index is 14.3. The summed E-state index contributed by atoms with van der Waals surface area (Å²) in [7, 11) is 4.49. The Balaban J connectivity index is 1.79. The summed E-state index contributed by atoms with van der Waals surface area (Å²) in [5, 5.41) is 45.6. The Labute approximate surface area is 338 Å². The number of rotatable bonds is 6. The van der Waals surface area contributed by atoms with Crippen LogP contribution in [0.1, 0.15) is 106 Å². The number of esters is 1. The lowest BCUT2D eigenvalue weighted by Crippen LogP contribution is -2.64. The standard InChI is InChI=1S/C43H69NO13/c1-10-29-18-23(2)37(48)24(3)19-35(54-8)39-36(55-9)20-26(5)43(52,57-39)40(49)41(50)44-16-12-11-13-30(44)42(51)56-38(27(6)32(46)22-33(29)47)25(4)17-28-14-15-31(45)34(21-28)53-7/h17-18,24,26-32,34-39,45-46,48,52H,10-16,19-22H2,1-9H3. The fraction of sp³-hybridized carbons (Fsp3) is 0.814. The Hall–Kier alpha value is -2.56. The lowest BCUT2D eigenvalue weighted by molar-refractivity contribution is -0.302. The van der Waals surface area contributed by atoms with E-state index in [-0.39, 0.29) is 50.0 Å². The van der Waals surface area contributed by atoms with Gasteiger partial charge in [-0.15, -0.1) is 0 Å². The average molecular weight is 808 g/mol. The largest absolute Gasteiger partial charge is 0.456 e. The van der Waals surface area contributed by atoms with Crippen molar-refractivity contribution in [3.63, 3.8) is 0 Å². The highest BCUT2D eigenvalue weighted by Gasteiger charge is 2.56. The smallest absolute Gasteiger partial charge is 0.329 e. The molecule has 0 radical (unpaired) electrons. The van der Waals surface area contributed by atoms with E-state index >= 15 is 0 Å². The van der Waals surface area contributed by atoms with Crippen LogP contribution in [0.5, 0.6) is 0 Å². The second-order valence-electron chi connectivity index (χ2n) is 17.2. The molecule has 14 heteroatoms. The zero-order valence-corrected chi connectivity index (χ0v) is 35.4. The average Bonchev–Trinajstić information content (AvgIpc) is 3.20. The first-order valence-corrected chi connectivity index (χ1v) is 20.9. The van der Waals surface area contributed by atoms with Gasteiger partial charge >= 0.3 is 5.97 Å². The van der Waals surface area contributed by atoms with Gasteiger partial charge in [-0.2, -0.15) is 0 Å². The predicted octanol–water partition coefficient (Wildman–Crippen LogP) is 3.44. The van der Waals surface area contributed by atoms with Crippen molar-refractivity contribution in [3.8, 4) is 0 Å². The van der Waals surface area contributed by atoms with Gasteiger partial charge in [0.05, 0.1) is 36.6 Å². The second kappa shape index (κ2) is 20.6. The van der Waals surface area contributed by atoms with Crippen molar-refractivity contribution in [2.75, 3.05) is 27.9 Å². The monoisotopic (exact) mass is 807 g/mol. The van der Waals surface area contributed by atoms with Crippen LogP contribution in [0, 0.1) is 29.6 Å². The number of carbonyl (C=O) groups is 4. The molecular formula is C43H69NO13. The fourth-order valence-corrected chi connectivity index (χ4v) is 9.31. The zero-order chi connectivity index (χ0) is 42.4. The molecule has 15 atom stereocenters. The van der Waals surface area contributed by atoms with E-state index in [1.54, 1.807) is 40.9 Å². The van der Waals surface area contributed by atoms with Crippen LogP contribution in [0.15, 0.2) is 23.3 Å². The number of nitrogens with zero attached hydrogens (tertiary/aromatic N) is 1. The third-order valence-electron chi connectivity index (χ3n) is 13.2. The highest BCUT2D eigenvalue weighted by atomic mass is 16.7. The van der Waals surface area contributed by atoms with Gasteiger partial charge in [0.1, 0.15) is 24.0 Å². The number of piperidine rings is 1. The normalized spacial score (nSPS) is 41.5. The van der Waals surface area contributed by atoms with Crippen LogP contribution >= 0.6 is 0 Å². The maximum absolute atomic E-state index is 14.3. The number of hydrogen-bond donors (Lipinski definition) is 4. The van der Waals surface area contributed by atoms with E-state index in [4.69, 9.17) is 23.7 Å². The second-order valence-corrected chi connectivity index (χ2v) is 17.2. The Kier molecular flexibility index (Phi) is 17.0. The highest BCUT2D eigenvalue weighted by molar-refractivity contribution is 6.39. The van der Waals surface area contributed by atoms with E-state index in [1.165, 1.54) is 14.2 Å². The molecule has 0 spiro atoms. The van der Waals surface area contributed by atoms with Crippen LogP contribution < -0.4 is 0 Å². The minimum absolute atomic E-state index is 0.0255. The Morgan fingerprint density at radius 2 is 1.56 bits per heavy atom. The number of amides is 1. The number of fused-ring (bicyclic) bond motifs is 3. The number of aliphatic hydroxyl groups excluding tert-OH is 3. The first-order valence-electron chi connectivity index (χ1n) is 20.9. The number of allylic oxidation sites excluding steroid dienone is 2. The molecule has 2 saturated heterocycles. The summed E-state index contributed by atoms with van der Waals surface area (Å²) in [6.07, 6.45) is 0.618. The summed E-state index contributed by atoms with van der Waals surface area (Å²) in [6.45, 7) is 10.6. The summed E-state index contributed by atoms with van der Waals surface area (Å²) < 4.78 is 29.6. The molecule has 0 aromatic carbocycles. The van der Waals surface area contributed by atoms with Crippen LogP contribution in [0.2, 0.25) is 0 Å². The van der Waals surface area contributed by atoms with Crippen molar-refractivity contribution in [2.45, 2.75) is 166 Å². The predicted molar refractivity (Wildman–Crippen MR) is 209 cm³/mol. The topological polar surface area (TPSA) is 199 Å². The SMILES string of the molecule is CCC1C=C(C)C(O)C(C)CC(OC)C2OC(O)(C(=O)C(=O)N3CCCCC3C(=O)OC(C(C)=CC3CCC(O)C(OC)C3)C(C)C(O)CC1=O)C(C)CC2OC. The van der Waals surface area contributed by atoms with Crippen LogP contribution in [0.25, 0.3) is 0 Å². The number of ether oxygens (including phenoxy) is 5. The molecule has 0 aromatic rings. The van der Waals surface area contributed by atoms with E-state index in [0.717, 1.165) is 4.90 Å². The lowest BCUT2D eigenvalue weighted by Gasteiger charge is -2.47. The summed E-state index contributed by atoms with van der Waals surface area (Å²) in [5.74, 6) is -8.59. The number of cyclic esters (lactones) is 1.